The van der Waals surface area contributed by atoms with Crippen LogP contribution in [0, 0.1) is 5.92 Å². The van der Waals surface area contributed by atoms with Crippen molar-refractivity contribution < 1.29 is 14.7 Å². The number of aliphatic carboxylic acids is 1. The molecule has 0 aromatic heterocycles. The summed E-state index contributed by atoms with van der Waals surface area (Å²) in [7, 11) is 0. The molecule has 0 unspecified atom stereocenters. The molecule has 0 spiro atoms. The number of carbonyl (C=O) groups excluding carboxylic acids is 1. The van der Waals surface area contributed by atoms with Gasteiger partial charge in [0.05, 0.1) is 5.41 Å². The minimum absolute atomic E-state index is 0.0221. The van der Waals surface area contributed by atoms with Crippen LogP contribution in [0.2, 0.25) is 0 Å². The predicted molar refractivity (Wildman–Crippen MR) is 66.7 cm³/mol. The standard InChI is InChI=1S/C15H16O3/c16-13-9-10-5-3-4-8-15(10,14(17)18)12-7-2-1-6-11(12)13/h1-2,6-7,10H,3-5,8-9H2,(H,17,18)/t10-,15-/m1/s1. The Hall–Kier alpha value is -1.64. The molecule has 0 amide bonds. The van der Waals surface area contributed by atoms with E-state index in [1.807, 2.05) is 18.2 Å². The first-order valence-electron chi connectivity index (χ1n) is 6.52. The van der Waals surface area contributed by atoms with Gasteiger partial charge in [0.25, 0.3) is 0 Å². The van der Waals surface area contributed by atoms with Gasteiger partial charge in [0.15, 0.2) is 5.78 Å². The van der Waals surface area contributed by atoms with E-state index in [1.165, 1.54) is 0 Å². The normalized spacial score (nSPS) is 30.4. The largest absolute Gasteiger partial charge is 0.481 e. The molecule has 1 fully saturated rings. The van der Waals surface area contributed by atoms with Crippen molar-refractivity contribution in [2.75, 3.05) is 0 Å². The molecule has 2 atom stereocenters. The lowest BCUT2D eigenvalue weighted by Gasteiger charge is -2.44. The van der Waals surface area contributed by atoms with Crippen LogP contribution in [0.3, 0.4) is 0 Å². The van der Waals surface area contributed by atoms with Crippen LogP contribution in [0.5, 0.6) is 0 Å². The van der Waals surface area contributed by atoms with E-state index in [0.29, 0.717) is 18.4 Å². The fourth-order valence-electron chi connectivity index (χ4n) is 3.72. The number of hydrogen-bond acceptors (Lipinski definition) is 2. The topological polar surface area (TPSA) is 54.4 Å². The maximum atomic E-state index is 12.1. The van der Waals surface area contributed by atoms with Gasteiger partial charge in [-0.1, -0.05) is 37.1 Å². The van der Waals surface area contributed by atoms with Crippen molar-refractivity contribution >= 4 is 11.8 Å². The molecular formula is C15H16O3. The Labute approximate surface area is 106 Å². The second-order valence-corrected chi connectivity index (χ2v) is 5.39. The number of rotatable bonds is 1. The van der Waals surface area contributed by atoms with Crippen LogP contribution in [0.4, 0.5) is 0 Å². The summed E-state index contributed by atoms with van der Waals surface area (Å²) in [5.41, 5.74) is 0.555. The van der Waals surface area contributed by atoms with Crippen molar-refractivity contribution in [1.82, 2.24) is 0 Å². The summed E-state index contributed by atoms with van der Waals surface area (Å²) in [6.45, 7) is 0. The molecule has 18 heavy (non-hydrogen) atoms. The second-order valence-electron chi connectivity index (χ2n) is 5.39. The van der Waals surface area contributed by atoms with Gasteiger partial charge in [-0.3, -0.25) is 9.59 Å². The van der Waals surface area contributed by atoms with E-state index in [2.05, 4.69) is 0 Å². The van der Waals surface area contributed by atoms with Crippen molar-refractivity contribution in [3.63, 3.8) is 0 Å². The highest BCUT2D eigenvalue weighted by atomic mass is 16.4. The van der Waals surface area contributed by atoms with Crippen LogP contribution in [-0.4, -0.2) is 16.9 Å². The fourth-order valence-corrected chi connectivity index (χ4v) is 3.72. The van der Waals surface area contributed by atoms with Crippen molar-refractivity contribution in [3.05, 3.63) is 35.4 Å². The van der Waals surface area contributed by atoms with Crippen molar-refractivity contribution in [2.24, 2.45) is 5.92 Å². The van der Waals surface area contributed by atoms with Crippen LogP contribution in [-0.2, 0) is 10.2 Å². The fraction of sp³-hybridized carbons (Fsp3) is 0.467. The highest BCUT2D eigenvalue weighted by Crippen LogP contribution is 2.50. The van der Waals surface area contributed by atoms with Crippen LogP contribution in [0.25, 0.3) is 0 Å². The average molecular weight is 244 g/mol. The summed E-state index contributed by atoms with van der Waals surface area (Å²) in [5.74, 6) is -0.673. The minimum Gasteiger partial charge on any atom is -0.481 e. The second kappa shape index (κ2) is 3.94. The minimum atomic E-state index is -0.817. The predicted octanol–water partition coefficient (Wildman–Crippen LogP) is 2.79. The Bertz CT molecular complexity index is 520. The number of fused-ring (bicyclic) bond motifs is 3. The number of carboxylic acids is 1. The van der Waals surface area contributed by atoms with Gasteiger partial charge >= 0.3 is 5.97 Å². The average Bonchev–Trinajstić information content (AvgIpc) is 2.39. The molecule has 94 valence electrons. The van der Waals surface area contributed by atoms with Gasteiger partial charge in [0, 0.05) is 12.0 Å². The highest BCUT2D eigenvalue weighted by molar-refractivity contribution is 6.02. The molecule has 0 saturated heterocycles. The maximum Gasteiger partial charge on any atom is 0.314 e. The van der Waals surface area contributed by atoms with Gasteiger partial charge in [-0.15, -0.1) is 0 Å². The quantitative estimate of drug-likeness (QED) is 0.826. The lowest BCUT2D eigenvalue weighted by Crippen LogP contribution is -2.49. The van der Waals surface area contributed by atoms with Gasteiger partial charge in [0.1, 0.15) is 0 Å². The third-order valence-electron chi connectivity index (χ3n) is 4.59. The smallest absolute Gasteiger partial charge is 0.314 e. The number of Topliss-reactive ketones (excluding diaryl/α,β-unsaturated/α-hetero) is 1. The maximum absolute atomic E-state index is 12.1. The summed E-state index contributed by atoms with van der Waals surface area (Å²) in [6, 6.07) is 7.26. The SMILES string of the molecule is O=C1C[C@H]2CCCC[C@]2(C(=O)O)c2ccccc21. The summed E-state index contributed by atoms with van der Waals surface area (Å²) < 4.78 is 0. The first kappa shape index (κ1) is 11.5. The molecule has 0 heterocycles. The molecule has 3 rings (SSSR count). The third kappa shape index (κ3) is 1.36. The molecule has 1 aromatic rings. The zero-order valence-electron chi connectivity index (χ0n) is 10.2. The summed E-state index contributed by atoms with van der Waals surface area (Å²) >= 11 is 0. The molecule has 1 saturated carbocycles. The molecule has 3 nitrogen and oxygen atoms in total. The zero-order chi connectivity index (χ0) is 12.8. The number of benzene rings is 1. The number of carboxylic acid groups (broad SMARTS) is 1. The molecule has 2 aliphatic rings. The van der Waals surface area contributed by atoms with Gasteiger partial charge in [0.2, 0.25) is 0 Å². The van der Waals surface area contributed by atoms with E-state index >= 15 is 0 Å². The molecule has 1 aromatic carbocycles. The first-order chi connectivity index (χ1) is 8.66. The van der Waals surface area contributed by atoms with E-state index < -0.39 is 11.4 Å². The monoisotopic (exact) mass is 244 g/mol. The van der Waals surface area contributed by atoms with Gasteiger partial charge in [-0.2, -0.15) is 0 Å². The lowest BCUT2D eigenvalue weighted by atomic mass is 9.57. The van der Waals surface area contributed by atoms with Gasteiger partial charge in [-0.25, -0.2) is 0 Å². The van der Waals surface area contributed by atoms with Crippen LogP contribution >= 0.6 is 0 Å². The molecule has 0 bridgehead atoms. The van der Waals surface area contributed by atoms with Crippen molar-refractivity contribution in [3.8, 4) is 0 Å². The third-order valence-corrected chi connectivity index (χ3v) is 4.59. The molecule has 0 radical (unpaired) electrons. The Kier molecular flexibility index (Phi) is 2.51. The Morgan fingerprint density at radius 3 is 2.83 bits per heavy atom. The van der Waals surface area contributed by atoms with Gasteiger partial charge < -0.3 is 5.11 Å². The lowest BCUT2D eigenvalue weighted by molar-refractivity contribution is -0.148. The molecule has 3 heteroatoms. The Morgan fingerprint density at radius 2 is 2.06 bits per heavy atom. The highest BCUT2D eigenvalue weighted by Gasteiger charge is 2.53. The van der Waals surface area contributed by atoms with E-state index in [-0.39, 0.29) is 11.7 Å². The Balaban J connectivity index is 2.24. The first-order valence-corrected chi connectivity index (χ1v) is 6.52. The summed E-state index contributed by atoms with van der Waals surface area (Å²) in [5, 5.41) is 9.75. The van der Waals surface area contributed by atoms with E-state index in [0.717, 1.165) is 24.8 Å². The molecule has 0 aliphatic heterocycles. The molecular weight excluding hydrogens is 228 g/mol. The Morgan fingerprint density at radius 1 is 1.28 bits per heavy atom. The summed E-state index contributed by atoms with van der Waals surface area (Å²) in [4.78, 5) is 24.0. The zero-order valence-corrected chi connectivity index (χ0v) is 10.2. The molecule has 2 aliphatic carbocycles. The van der Waals surface area contributed by atoms with E-state index in [4.69, 9.17) is 0 Å². The summed E-state index contributed by atoms with van der Waals surface area (Å²) in [6.07, 6.45) is 3.88. The number of hydrogen-bond donors (Lipinski definition) is 1. The van der Waals surface area contributed by atoms with Crippen molar-refractivity contribution in [1.29, 1.82) is 0 Å². The number of carbonyl (C=O) groups is 2. The van der Waals surface area contributed by atoms with E-state index in [1.54, 1.807) is 6.07 Å². The van der Waals surface area contributed by atoms with Crippen LogP contribution < -0.4 is 0 Å². The molecule has 1 N–H and O–H groups in total. The van der Waals surface area contributed by atoms with Crippen molar-refractivity contribution in [2.45, 2.75) is 37.5 Å². The number of ketones is 1. The van der Waals surface area contributed by atoms with Crippen LogP contribution in [0.1, 0.15) is 48.0 Å². The van der Waals surface area contributed by atoms with Gasteiger partial charge in [-0.05, 0) is 24.3 Å². The van der Waals surface area contributed by atoms with E-state index in [9.17, 15) is 14.7 Å². The van der Waals surface area contributed by atoms with Crippen LogP contribution in [0.15, 0.2) is 24.3 Å².